The van der Waals surface area contributed by atoms with E-state index in [0.717, 1.165) is 16.3 Å². The predicted octanol–water partition coefficient (Wildman–Crippen LogP) is 1.83. The van der Waals surface area contributed by atoms with Gasteiger partial charge in [-0.15, -0.1) is 0 Å². The summed E-state index contributed by atoms with van der Waals surface area (Å²) in [6, 6.07) is 7.05. The number of aromatic nitrogens is 2. The Balaban J connectivity index is 1.66. The lowest BCUT2D eigenvalue weighted by Gasteiger charge is -2.35. The summed E-state index contributed by atoms with van der Waals surface area (Å²) >= 11 is 0. The number of fused-ring (bicyclic) bond motifs is 1. The normalized spacial score (nSPS) is 19.1. The second-order valence-corrected chi connectivity index (χ2v) is 8.36. The Morgan fingerprint density at radius 3 is 2.80 bits per heavy atom. The third kappa shape index (κ3) is 4.89. The minimum Gasteiger partial charge on any atom is -0.480 e. The number of hydrogen-bond donors (Lipinski definition) is 2. The molecule has 2 aromatic rings. The maximum atomic E-state index is 12.8. The third-order valence-corrected chi connectivity index (χ3v) is 5.70. The second-order valence-electron chi connectivity index (χ2n) is 6.84. The van der Waals surface area contributed by atoms with Crippen molar-refractivity contribution in [2.24, 2.45) is 0 Å². The molecule has 0 fully saturated rings. The molecule has 0 amide bonds. The van der Waals surface area contributed by atoms with Crippen LogP contribution in [-0.4, -0.2) is 27.2 Å². The fourth-order valence-electron chi connectivity index (χ4n) is 2.79. The van der Waals surface area contributed by atoms with Crippen LogP contribution in [0.15, 0.2) is 40.1 Å². The largest absolute Gasteiger partial charge is 0.530 e. The average molecular weight is 434 g/mol. The van der Waals surface area contributed by atoms with Gasteiger partial charge in [0.05, 0.1) is 6.61 Å². The lowest BCUT2D eigenvalue weighted by atomic mass is 9.98. The van der Waals surface area contributed by atoms with E-state index in [2.05, 4.69) is 11.8 Å². The van der Waals surface area contributed by atoms with Crippen molar-refractivity contribution in [1.29, 1.82) is 0 Å². The zero-order valence-corrected chi connectivity index (χ0v) is 17.1. The zero-order chi connectivity index (χ0) is 21.9. The number of carboxylic acid groups (broad SMARTS) is 1. The van der Waals surface area contributed by atoms with E-state index < -0.39 is 37.2 Å². The Morgan fingerprint density at radius 1 is 1.33 bits per heavy atom. The number of aromatic amines is 1. The lowest BCUT2D eigenvalue weighted by Crippen LogP contribution is -2.32. The number of H-pyrrole nitrogens is 1. The van der Waals surface area contributed by atoms with E-state index >= 15 is 0 Å². The summed E-state index contributed by atoms with van der Waals surface area (Å²) in [6.45, 7) is 2.79. The molecule has 1 aliphatic heterocycles. The molecule has 30 heavy (non-hydrogen) atoms. The van der Waals surface area contributed by atoms with Crippen molar-refractivity contribution < 1.29 is 28.0 Å². The second kappa shape index (κ2) is 8.32. The van der Waals surface area contributed by atoms with Gasteiger partial charge in [0, 0.05) is 18.2 Å². The fraction of sp³-hybridized carbons (Fsp3) is 0.316. The Kier molecular flexibility index (Phi) is 5.99. The van der Waals surface area contributed by atoms with Crippen molar-refractivity contribution in [3.63, 3.8) is 0 Å². The van der Waals surface area contributed by atoms with Gasteiger partial charge in [0.15, 0.2) is 0 Å². The van der Waals surface area contributed by atoms with Gasteiger partial charge in [-0.1, -0.05) is 30.0 Å². The number of carboxylic acids is 1. The summed E-state index contributed by atoms with van der Waals surface area (Å²) < 4.78 is 29.9. The third-order valence-electron chi connectivity index (χ3n) is 4.10. The number of aliphatic carboxylic acids is 1. The number of benzene rings is 1. The van der Waals surface area contributed by atoms with E-state index in [0.29, 0.717) is 5.75 Å². The fourth-order valence-corrected chi connectivity index (χ4v) is 4.31. The molecule has 1 aromatic carbocycles. The summed E-state index contributed by atoms with van der Waals surface area (Å²) in [5.41, 5.74) is -1.79. The van der Waals surface area contributed by atoms with Gasteiger partial charge in [-0.3, -0.25) is 28.2 Å². The number of carbonyl (C=O) groups is 1. The molecule has 0 saturated heterocycles. The quantitative estimate of drug-likeness (QED) is 0.413. The van der Waals surface area contributed by atoms with Crippen LogP contribution in [0.2, 0.25) is 0 Å². The number of phosphoric acid groups is 1. The van der Waals surface area contributed by atoms with Crippen LogP contribution in [0.4, 0.5) is 0 Å². The van der Waals surface area contributed by atoms with E-state index in [1.165, 1.54) is 0 Å². The first-order valence-corrected chi connectivity index (χ1v) is 10.3. The number of nitrogens with one attached hydrogen (secondary N) is 1. The molecule has 2 heterocycles. The SMILES string of the molecule is CC1(C)OP(=O)(OCCC#Cc2cn(CC(=O)O)c(=O)[nH]c2=O)Oc2ccccc21. The van der Waals surface area contributed by atoms with Crippen LogP contribution >= 0.6 is 7.82 Å². The van der Waals surface area contributed by atoms with Gasteiger partial charge in [-0.05, 0) is 19.9 Å². The number of phosphoric ester groups is 1. The van der Waals surface area contributed by atoms with Crippen LogP contribution in [0, 0.1) is 11.8 Å². The van der Waals surface area contributed by atoms with Crippen LogP contribution < -0.4 is 15.8 Å². The maximum absolute atomic E-state index is 12.8. The highest BCUT2D eigenvalue weighted by atomic mass is 31.2. The molecule has 158 valence electrons. The Labute approximate surface area is 171 Å². The van der Waals surface area contributed by atoms with E-state index in [9.17, 15) is 18.9 Å². The standard InChI is InChI=1S/C19H19N2O8P/c1-19(2)14-8-3-4-9-15(14)28-30(26,29-19)27-10-6-5-7-13-11-21(12-16(22)23)18(25)20-17(13)24/h3-4,8-9,11H,6,10,12H2,1-2H3,(H,22,23)(H,20,24,25). The molecule has 0 spiro atoms. The highest BCUT2D eigenvalue weighted by Gasteiger charge is 2.44. The molecular formula is C19H19N2O8P. The number of hydrogen-bond acceptors (Lipinski definition) is 7. The van der Waals surface area contributed by atoms with Gasteiger partial charge in [0.1, 0.15) is 23.5 Å². The van der Waals surface area contributed by atoms with Crippen LogP contribution in [0.1, 0.15) is 31.4 Å². The zero-order valence-electron chi connectivity index (χ0n) is 16.2. The van der Waals surface area contributed by atoms with Crippen molar-refractivity contribution in [3.05, 3.63) is 62.4 Å². The minimum absolute atomic E-state index is 0.0796. The number of nitrogens with zero attached hydrogens (tertiary/aromatic N) is 1. The van der Waals surface area contributed by atoms with Gasteiger partial charge in [-0.25, -0.2) is 9.36 Å². The summed E-state index contributed by atoms with van der Waals surface area (Å²) in [7, 11) is -3.87. The Hall–Kier alpha value is -3.12. The van der Waals surface area contributed by atoms with Crippen molar-refractivity contribution in [1.82, 2.24) is 9.55 Å². The molecule has 1 unspecified atom stereocenters. The molecule has 0 saturated carbocycles. The van der Waals surface area contributed by atoms with Crippen molar-refractivity contribution >= 4 is 13.8 Å². The first-order chi connectivity index (χ1) is 14.1. The van der Waals surface area contributed by atoms with Crippen LogP contribution in [0.25, 0.3) is 0 Å². The van der Waals surface area contributed by atoms with Crippen molar-refractivity contribution in [3.8, 4) is 17.6 Å². The van der Waals surface area contributed by atoms with Gasteiger partial charge in [-0.2, -0.15) is 0 Å². The molecule has 0 radical (unpaired) electrons. The van der Waals surface area contributed by atoms with E-state index in [1.54, 1.807) is 26.0 Å². The molecule has 1 atom stereocenters. The molecule has 3 rings (SSSR count). The molecule has 0 aliphatic carbocycles. The highest BCUT2D eigenvalue weighted by molar-refractivity contribution is 7.49. The van der Waals surface area contributed by atoms with Crippen molar-refractivity contribution in [2.45, 2.75) is 32.4 Å². The molecule has 1 aromatic heterocycles. The van der Waals surface area contributed by atoms with Gasteiger partial charge < -0.3 is 9.63 Å². The van der Waals surface area contributed by atoms with Gasteiger partial charge in [0.2, 0.25) is 0 Å². The molecule has 2 N–H and O–H groups in total. The molecular weight excluding hydrogens is 415 g/mol. The topological polar surface area (TPSA) is 137 Å². The number of rotatable bonds is 5. The first-order valence-electron chi connectivity index (χ1n) is 8.88. The van der Waals surface area contributed by atoms with Gasteiger partial charge >= 0.3 is 19.5 Å². The van der Waals surface area contributed by atoms with E-state index in [1.807, 2.05) is 17.1 Å². The molecule has 11 heteroatoms. The van der Waals surface area contributed by atoms with Crippen LogP contribution in [0.5, 0.6) is 5.75 Å². The lowest BCUT2D eigenvalue weighted by molar-refractivity contribution is -0.137. The molecule has 1 aliphatic rings. The van der Waals surface area contributed by atoms with Crippen LogP contribution in [-0.2, 0) is 30.6 Å². The summed E-state index contributed by atoms with van der Waals surface area (Å²) in [5, 5.41) is 8.79. The summed E-state index contributed by atoms with van der Waals surface area (Å²) in [4.78, 5) is 36.1. The first kappa shape index (κ1) is 21.6. The highest BCUT2D eigenvalue weighted by Crippen LogP contribution is 2.60. The smallest absolute Gasteiger partial charge is 0.480 e. The Morgan fingerprint density at radius 2 is 2.07 bits per heavy atom. The average Bonchev–Trinajstić information content (AvgIpc) is 2.63. The molecule has 0 bridgehead atoms. The number of para-hydroxylation sites is 1. The van der Waals surface area contributed by atoms with E-state index in [4.69, 9.17) is 18.7 Å². The van der Waals surface area contributed by atoms with Crippen molar-refractivity contribution in [2.75, 3.05) is 6.61 Å². The molecule has 10 nitrogen and oxygen atoms in total. The van der Waals surface area contributed by atoms with Crippen LogP contribution in [0.3, 0.4) is 0 Å². The Bertz CT molecular complexity index is 1200. The van der Waals surface area contributed by atoms with E-state index in [-0.39, 0.29) is 18.6 Å². The monoisotopic (exact) mass is 434 g/mol. The summed E-state index contributed by atoms with van der Waals surface area (Å²) in [6.07, 6.45) is 1.15. The maximum Gasteiger partial charge on any atom is 0.530 e. The summed E-state index contributed by atoms with van der Waals surface area (Å²) in [5.74, 6) is 4.36. The minimum atomic E-state index is -3.87. The van der Waals surface area contributed by atoms with Gasteiger partial charge in [0.25, 0.3) is 5.56 Å². The predicted molar refractivity (Wildman–Crippen MR) is 105 cm³/mol.